The minimum Gasteiger partial charge on any atom is -0.384 e. The second-order valence-electron chi connectivity index (χ2n) is 4.24. The monoisotopic (exact) mass is 315 g/mol. The number of ether oxygens (including phenoxy) is 1. The summed E-state index contributed by atoms with van der Waals surface area (Å²) in [5, 5.41) is 0. The van der Waals surface area contributed by atoms with Gasteiger partial charge in [-0.05, 0) is 18.8 Å². The number of hydrogen-bond acceptors (Lipinski definition) is 3. The van der Waals surface area contributed by atoms with Gasteiger partial charge in [-0.1, -0.05) is 29.8 Å². The molecule has 98 valence electrons. The van der Waals surface area contributed by atoms with Crippen LogP contribution in [0, 0.1) is 5.92 Å². The van der Waals surface area contributed by atoms with Crippen molar-refractivity contribution in [2.24, 2.45) is 5.92 Å². The second-order valence-corrected chi connectivity index (χ2v) is 7.46. The van der Waals surface area contributed by atoms with Gasteiger partial charge in [-0.25, -0.2) is 13.1 Å². The van der Waals surface area contributed by atoms with Gasteiger partial charge in [-0.3, -0.25) is 0 Å². The zero-order valence-corrected chi connectivity index (χ0v) is 12.6. The van der Waals surface area contributed by atoms with Crippen LogP contribution in [0.3, 0.4) is 0 Å². The van der Waals surface area contributed by atoms with Gasteiger partial charge in [0.05, 0.1) is 12.4 Å². The first-order valence-electron chi connectivity index (χ1n) is 5.47. The van der Waals surface area contributed by atoms with Crippen LogP contribution in [0.2, 0.25) is 0 Å². The minimum absolute atomic E-state index is 0.199. The zero-order valence-electron chi connectivity index (χ0n) is 10.2. The highest BCUT2D eigenvalue weighted by atomic mass is 79.9. The average molecular weight is 316 g/mol. The molecular weight excluding hydrogens is 294 g/mol. The lowest BCUT2D eigenvalue weighted by atomic mass is 10.2. The SMILES string of the molecule is COCC(Br)CCNS(=O)(=O)CCC(C)C. The molecule has 0 aromatic rings. The van der Waals surface area contributed by atoms with E-state index in [4.69, 9.17) is 4.74 Å². The summed E-state index contributed by atoms with van der Waals surface area (Å²) in [5.41, 5.74) is 0. The number of alkyl halides is 1. The van der Waals surface area contributed by atoms with Crippen molar-refractivity contribution in [2.45, 2.75) is 31.5 Å². The molecular formula is C10H22BrNO3S. The summed E-state index contributed by atoms with van der Waals surface area (Å²) in [6, 6.07) is 0. The van der Waals surface area contributed by atoms with Crippen molar-refractivity contribution in [3.8, 4) is 0 Å². The first kappa shape index (κ1) is 16.4. The van der Waals surface area contributed by atoms with Gasteiger partial charge in [0.2, 0.25) is 10.0 Å². The molecule has 0 aliphatic rings. The number of methoxy groups -OCH3 is 1. The van der Waals surface area contributed by atoms with Crippen molar-refractivity contribution in [3.05, 3.63) is 0 Å². The van der Waals surface area contributed by atoms with Gasteiger partial charge in [0, 0.05) is 18.5 Å². The highest BCUT2D eigenvalue weighted by molar-refractivity contribution is 9.09. The Balaban J connectivity index is 3.74. The fourth-order valence-corrected chi connectivity index (χ4v) is 2.95. The van der Waals surface area contributed by atoms with Crippen LogP contribution in [-0.4, -0.2) is 39.3 Å². The molecule has 0 heterocycles. The van der Waals surface area contributed by atoms with Gasteiger partial charge in [0.1, 0.15) is 0 Å². The smallest absolute Gasteiger partial charge is 0.211 e. The molecule has 0 bridgehead atoms. The standard InChI is InChI=1S/C10H22BrNO3S/c1-9(2)5-7-16(13,14)12-6-4-10(11)8-15-3/h9-10,12H,4-8H2,1-3H3. The molecule has 0 aromatic heterocycles. The van der Waals surface area contributed by atoms with E-state index in [0.29, 0.717) is 25.5 Å². The molecule has 16 heavy (non-hydrogen) atoms. The molecule has 0 rings (SSSR count). The van der Waals surface area contributed by atoms with Crippen LogP contribution >= 0.6 is 15.9 Å². The van der Waals surface area contributed by atoms with Crippen molar-refractivity contribution in [3.63, 3.8) is 0 Å². The van der Waals surface area contributed by atoms with E-state index in [1.54, 1.807) is 7.11 Å². The molecule has 0 fully saturated rings. The maximum atomic E-state index is 11.5. The lowest BCUT2D eigenvalue weighted by molar-refractivity contribution is 0.199. The van der Waals surface area contributed by atoms with Gasteiger partial charge < -0.3 is 4.74 Å². The van der Waals surface area contributed by atoms with E-state index in [2.05, 4.69) is 20.7 Å². The Hall–Kier alpha value is 0.350. The number of rotatable bonds is 9. The van der Waals surface area contributed by atoms with Gasteiger partial charge in [0.15, 0.2) is 0 Å². The first-order chi connectivity index (χ1) is 7.37. The van der Waals surface area contributed by atoms with E-state index in [9.17, 15) is 8.42 Å². The summed E-state index contributed by atoms with van der Waals surface area (Å²) < 4.78 is 30.6. The molecule has 0 amide bonds. The molecule has 0 aromatic carbocycles. The van der Waals surface area contributed by atoms with E-state index in [1.165, 1.54) is 0 Å². The third-order valence-corrected chi connectivity index (χ3v) is 4.23. The number of nitrogens with one attached hydrogen (secondary N) is 1. The zero-order chi connectivity index (χ0) is 12.6. The maximum absolute atomic E-state index is 11.5. The molecule has 1 N–H and O–H groups in total. The van der Waals surface area contributed by atoms with Crippen LogP contribution in [0.5, 0.6) is 0 Å². The number of hydrogen-bond donors (Lipinski definition) is 1. The van der Waals surface area contributed by atoms with Crippen molar-refractivity contribution in [2.75, 3.05) is 26.0 Å². The summed E-state index contributed by atoms with van der Waals surface area (Å²) in [5.74, 6) is 0.621. The summed E-state index contributed by atoms with van der Waals surface area (Å²) in [6.07, 6.45) is 1.43. The van der Waals surface area contributed by atoms with Crippen LogP contribution in [0.15, 0.2) is 0 Å². The summed E-state index contributed by atoms with van der Waals surface area (Å²) in [4.78, 5) is 0.199. The Bertz CT molecular complexity index is 267. The van der Waals surface area contributed by atoms with Crippen LogP contribution < -0.4 is 4.72 Å². The Morgan fingerprint density at radius 2 is 1.94 bits per heavy atom. The molecule has 6 heteroatoms. The minimum atomic E-state index is -3.10. The average Bonchev–Trinajstić information content (AvgIpc) is 2.15. The largest absolute Gasteiger partial charge is 0.384 e. The molecule has 0 spiro atoms. The predicted molar refractivity (Wildman–Crippen MR) is 70.5 cm³/mol. The second kappa shape index (κ2) is 8.44. The third-order valence-electron chi connectivity index (χ3n) is 2.09. The van der Waals surface area contributed by atoms with Crippen LogP contribution in [0.25, 0.3) is 0 Å². The summed E-state index contributed by atoms with van der Waals surface area (Å²) in [7, 11) is -1.47. The first-order valence-corrected chi connectivity index (χ1v) is 8.04. The molecule has 0 saturated heterocycles. The Morgan fingerprint density at radius 3 is 2.44 bits per heavy atom. The lowest BCUT2D eigenvalue weighted by Crippen LogP contribution is -2.29. The number of halogens is 1. The highest BCUT2D eigenvalue weighted by Gasteiger charge is 2.11. The topological polar surface area (TPSA) is 55.4 Å². The molecule has 0 saturated carbocycles. The molecule has 4 nitrogen and oxygen atoms in total. The molecule has 0 radical (unpaired) electrons. The fraction of sp³-hybridized carbons (Fsp3) is 1.00. The van der Waals surface area contributed by atoms with E-state index < -0.39 is 10.0 Å². The van der Waals surface area contributed by atoms with Crippen LogP contribution in [0.4, 0.5) is 0 Å². The molecule has 0 aliphatic heterocycles. The van der Waals surface area contributed by atoms with Gasteiger partial charge >= 0.3 is 0 Å². The number of sulfonamides is 1. The molecule has 0 aliphatic carbocycles. The molecule has 1 atom stereocenters. The van der Waals surface area contributed by atoms with Gasteiger partial charge in [-0.15, -0.1) is 0 Å². The lowest BCUT2D eigenvalue weighted by Gasteiger charge is -2.10. The third kappa shape index (κ3) is 9.57. The molecule has 1 unspecified atom stereocenters. The normalized spacial score (nSPS) is 14.3. The van der Waals surface area contributed by atoms with E-state index in [-0.39, 0.29) is 10.6 Å². The Labute approximate surface area is 107 Å². The van der Waals surface area contributed by atoms with Crippen molar-refractivity contribution >= 4 is 26.0 Å². The maximum Gasteiger partial charge on any atom is 0.211 e. The van der Waals surface area contributed by atoms with Crippen LogP contribution in [-0.2, 0) is 14.8 Å². The quantitative estimate of drug-likeness (QED) is 0.659. The van der Waals surface area contributed by atoms with Crippen molar-refractivity contribution in [1.29, 1.82) is 0 Å². The van der Waals surface area contributed by atoms with E-state index in [0.717, 1.165) is 6.42 Å². The summed E-state index contributed by atoms with van der Waals surface area (Å²) in [6.45, 7) is 5.08. The summed E-state index contributed by atoms with van der Waals surface area (Å²) >= 11 is 3.41. The van der Waals surface area contributed by atoms with E-state index >= 15 is 0 Å². The Morgan fingerprint density at radius 1 is 1.31 bits per heavy atom. The Kier molecular flexibility index (Phi) is 8.63. The highest BCUT2D eigenvalue weighted by Crippen LogP contribution is 2.05. The predicted octanol–water partition coefficient (Wildman–Crippen LogP) is 1.75. The fourth-order valence-electron chi connectivity index (χ4n) is 1.10. The van der Waals surface area contributed by atoms with Crippen LogP contribution in [0.1, 0.15) is 26.7 Å². The van der Waals surface area contributed by atoms with E-state index in [1.807, 2.05) is 13.8 Å². The van der Waals surface area contributed by atoms with Crippen molar-refractivity contribution < 1.29 is 13.2 Å². The van der Waals surface area contributed by atoms with Crippen molar-refractivity contribution in [1.82, 2.24) is 4.72 Å². The van der Waals surface area contributed by atoms with Gasteiger partial charge in [0.25, 0.3) is 0 Å². The van der Waals surface area contributed by atoms with Gasteiger partial charge in [-0.2, -0.15) is 0 Å².